The number of piperidine rings is 1. The summed E-state index contributed by atoms with van der Waals surface area (Å²) in [5.41, 5.74) is 6.13. The second-order valence-electron chi connectivity index (χ2n) is 4.81. The van der Waals surface area contributed by atoms with Crippen molar-refractivity contribution in [2.24, 2.45) is 5.73 Å². The van der Waals surface area contributed by atoms with Crippen molar-refractivity contribution < 1.29 is 13.2 Å². The maximum Gasteiger partial charge on any atom is 0.416 e. The molecule has 2 N–H and O–H groups in total. The first kappa shape index (κ1) is 16.3. The average Bonchev–Trinajstić information content (AvgIpc) is 2.32. The third kappa shape index (κ3) is 4.67. The molecule has 1 heterocycles. The van der Waals surface area contributed by atoms with Crippen LogP contribution >= 0.6 is 12.4 Å². The van der Waals surface area contributed by atoms with E-state index in [0.29, 0.717) is 6.54 Å². The number of hydrogen-bond donors (Lipinski definition) is 1. The molecular formula is C13H18ClF3N2. The van der Waals surface area contributed by atoms with Crippen molar-refractivity contribution in [3.63, 3.8) is 0 Å². The van der Waals surface area contributed by atoms with Gasteiger partial charge in [0, 0.05) is 12.6 Å². The second kappa shape index (κ2) is 6.59. The highest BCUT2D eigenvalue weighted by Gasteiger charge is 2.30. The van der Waals surface area contributed by atoms with E-state index in [1.54, 1.807) is 12.1 Å². The average molecular weight is 295 g/mol. The zero-order valence-corrected chi connectivity index (χ0v) is 11.3. The van der Waals surface area contributed by atoms with Gasteiger partial charge in [-0.15, -0.1) is 12.4 Å². The minimum Gasteiger partial charge on any atom is -0.328 e. The molecule has 0 spiro atoms. The van der Waals surface area contributed by atoms with E-state index in [1.165, 1.54) is 0 Å². The number of alkyl halides is 3. The molecule has 2 rings (SSSR count). The number of halogens is 4. The van der Waals surface area contributed by atoms with Crippen LogP contribution in [0.2, 0.25) is 0 Å². The third-order valence-electron chi connectivity index (χ3n) is 3.32. The molecule has 0 aromatic heterocycles. The molecule has 108 valence electrons. The predicted molar refractivity (Wildman–Crippen MR) is 71.2 cm³/mol. The summed E-state index contributed by atoms with van der Waals surface area (Å²) in [6, 6.07) is 5.67. The van der Waals surface area contributed by atoms with Gasteiger partial charge in [0.2, 0.25) is 0 Å². The minimum atomic E-state index is -4.25. The fourth-order valence-corrected chi connectivity index (χ4v) is 2.17. The van der Waals surface area contributed by atoms with E-state index in [-0.39, 0.29) is 18.4 Å². The largest absolute Gasteiger partial charge is 0.416 e. The van der Waals surface area contributed by atoms with Gasteiger partial charge in [0.1, 0.15) is 0 Å². The monoisotopic (exact) mass is 294 g/mol. The van der Waals surface area contributed by atoms with Gasteiger partial charge in [0.25, 0.3) is 0 Å². The van der Waals surface area contributed by atoms with Crippen molar-refractivity contribution in [3.8, 4) is 0 Å². The van der Waals surface area contributed by atoms with Gasteiger partial charge < -0.3 is 5.73 Å². The van der Waals surface area contributed by atoms with Gasteiger partial charge in [-0.3, -0.25) is 4.90 Å². The lowest BCUT2D eigenvalue weighted by molar-refractivity contribution is -0.137. The number of nitrogens with zero attached hydrogens (tertiary/aromatic N) is 1. The van der Waals surface area contributed by atoms with Crippen molar-refractivity contribution in [2.75, 3.05) is 13.1 Å². The van der Waals surface area contributed by atoms with Crippen molar-refractivity contribution in [1.29, 1.82) is 0 Å². The van der Waals surface area contributed by atoms with E-state index < -0.39 is 11.7 Å². The summed E-state index contributed by atoms with van der Waals surface area (Å²) in [5.74, 6) is 0. The van der Waals surface area contributed by atoms with E-state index in [2.05, 4.69) is 4.90 Å². The molecule has 0 unspecified atom stereocenters. The van der Waals surface area contributed by atoms with Crippen LogP contribution in [0, 0.1) is 0 Å². The van der Waals surface area contributed by atoms with Crippen LogP contribution in [0.3, 0.4) is 0 Å². The summed E-state index contributed by atoms with van der Waals surface area (Å²) < 4.78 is 37.2. The molecule has 0 aliphatic carbocycles. The van der Waals surface area contributed by atoms with E-state index in [0.717, 1.165) is 43.6 Å². The molecule has 0 saturated carbocycles. The summed E-state index contributed by atoms with van der Waals surface area (Å²) in [5, 5.41) is 0. The Hall–Kier alpha value is -0.780. The molecule has 1 aliphatic rings. The first-order chi connectivity index (χ1) is 8.45. The van der Waals surface area contributed by atoms with E-state index in [1.807, 2.05) is 0 Å². The maximum absolute atomic E-state index is 12.4. The minimum absolute atomic E-state index is 0. The molecule has 1 aromatic carbocycles. The van der Waals surface area contributed by atoms with Gasteiger partial charge in [-0.25, -0.2) is 0 Å². The van der Waals surface area contributed by atoms with Crippen LogP contribution in [0.15, 0.2) is 24.3 Å². The van der Waals surface area contributed by atoms with E-state index >= 15 is 0 Å². The first-order valence-corrected chi connectivity index (χ1v) is 6.09. The topological polar surface area (TPSA) is 29.3 Å². The van der Waals surface area contributed by atoms with Crippen LogP contribution in [0.25, 0.3) is 0 Å². The number of likely N-dealkylation sites (tertiary alicyclic amines) is 1. The Morgan fingerprint density at radius 3 is 2.11 bits per heavy atom. The quantitative estimate of drug-likeness (QED) is 0.908. The Labute approximate surface area is 117 Å². The van der Waals surface area contributed by atoms with Gasteiger partial charge in [-0.2, -0.15) is 13.2 Å². The molecule has 2 nitrogen and oxygen atoms in total. The molecule has 0 atom stereocenters. The number of rotatable bonds is 2. The fourth-order valence-electron chi connectivity index (χ4n) is 2.17. The smallest absolute Gasteiger partial charge is 0.328 e. The molecule has 6 heteroatoms. The normalized spacial score (nSPS) is 18.1. The van der Waals surface area contributed by atoms with E-state index in [9.17, 15) is 13.2 Å². The molecule has 1 aromatic rings. The van der Waals surface area contributed by atoms with Crippen LogP contribution in [0.4, 0.5) is 13.2 Å². The summed E-state index contributed by atoms with van der Waals surface area (Å²) in [4.78, 5) is 2.23. The Morgan fingerprint density at radius 2 is 1.63 bits per heavy atom. The highest BCUT2D eigenvalue weighted by atomic mass is 35.5. The Kier molecular flexibility index (Phi) is 5.64. The van der Waals surface area contributed by atoms with Gasteiger partial charge in [0.05, 0.1) is 5.56 Å². The molecule has 0 bridgehead atoms. The number of hydrogen-bond acceptors (Lipinski definition) is 2. The zero-order chi connectivity index (χ0) is 13.2. The Balaban J connectivity index is 0.00000180. The van der Waals surface area contributed by atoms with Crippen molar-refractivity contribution >= 4 is 12.4 Å². The third-order valence-corrected chi connectivity index (χ3v) is 3.32. The van der Waals surface area contributed by atoms with Crippen LogP contribution in [-0.4, -0.2) is 24.0 Å². The summed E-state index contributed by atoms with van der Waals surface area (Å²) >= 11 is 0. The van der Waals surface area contributed by atoms with Crippen LogP contribution in [0.5, 0.6) is 0 Å². The molecule has 19 heavy (non-hydrogen) atoms. The molecule has 0 amide bonds. The summed E-state index contributed by atoms with van der Waals surface area (Å²) in [6.07, 6.45) is -2.34. The lowest BCUT2D eigenvalue weighted by Crippen LogP contribution is -2.39. The predicted octanol–water partition coefficient (Wildman–Crippen LogP) is 3.05. The van der Waals surface area contributed by atoms with Crippen LogP contribution in [-0.2, 0) is 12.7 Å². The SMILES string of the molecule is Cl.NC1CCN(Cc2ccc(C(F)(F)F)cc2)CC1. The summed E-state index contributed by atoms with van der Waals surface area (Å²) in [7, 11) is 0. The second-order valence-corrected chi connectivity index (χ2v) is 4.81. The number of benzene rings is 1. The Morgan fingerprint density at radius 1 is 1.11 bits per heavy atom. The maximum atomic E-state index is 12.4. The first-order valence-electron chi connectivity index (χ1n) is 6.09. The molecule has 1 aliphatic heterocycles. The van der Waals surface area contributed by atoms with Gasteiger partial charge in [0.15, 0.2) is 0 Å². The lowest BCUT2D eigenvalue weighted by atomic mass is 10.0. The highest BCUT2D eigenvalue weighted by Crippen LogP contribution is 2.29. The molecule has 0 radical (unpaired) electrons. The highest BCUT2D eigenvalue weighted by molar-refractivity contribution is 5.85. The Bertz CT molecular complexity index is 384. The lowest BCUT2D eigenvalue weighted by Gasteiger charge is -2.30. The zero-order valence-electron chi connectivity index (χ0n) is 10.5. The van der Waals surface area contributed by atoms with Gasteiger partial charge in [-0.05, 0) is 43.6 Å². The van der Waals surface area contributed by atoms with Crippen molar-refractivity contribution in [1.82, 2.24) is 4.90 Å². The number of nitrogens with two attached hydrogens (primary N) is 1. The molecule has 1 saturated heterocycles. The van der Waals surface area contributed by atoms with Gasteiger partial charge >= 0.3 is 6.18 Å². The summed E-state index contributed by atoms with van der Waals surface area (Å²) in [6.45, 7) is 2.54. The van der Waals surface area contributed by atoms with Gasteiger partial charge in [-0.1, -0.05) is 12.1 Å². The van der Waals surface area contributed by atoms with Crippen LogP contribution < -0.4 is 5.73 Å². The van der Waals surface area contributed by atoms with Crippen molar-refractivity contribution in [2.45, 2.75) is 31.6 Å². The fraction of sp³-hybridized carbons (Fsp3) is 0.538. The van der Waals surface area contributed by atoms with E-state index in [4.69, 9.17) is 5.73 Å². The van der Waals surface area contributed by atoms with Crippen molar-refractivity contribution in [3.05, 3.63) is 35.4 Å². The standard InChI is InChI=1S/C13H17F3N2.ClH/c14-13(15,16)11-3-1-10(2-4-11)9-18-7-5-12(17)6-8-18;/h1-4,12H,5-9,17H2;1H. The molecule has 1 fully saturated rings. The molecular weight excluding hydrogens is 277 g/mol. The van der Waals surface area contributed by atoms with Crippen LogP contribution in [0.1, 0.15) is 24.0 Å².